The first kappa shape index (κ1) is 14.6. The molecule has 114 valence electrons. The lowest BCUT2D eigenvalue weighted by Crippen LogP contribution is -1.89. The zero-order chi connectivity index (χ0) is 15.7. The molecule has 5 nitrogen and oxygen atoms in total. The molecule has 3 rings (SSSR count). The maximum Gasteiger partial charge on any atom is 0.157 e. The fraction of sp³-hybridized carbons (Fsp3) is 0. The number of nitrogens with zero attached hydrogens (tertiary/aromatic N) is 2. The van der Waals surface area contributed by atoms with E-state index in [2.05, 4.69) is 15.3 Å². The zero-order valence-corrected chi connectivity index (χ0v) is 12.3. The lowest BCUT2D eigenvalue weighted by Gasteiger charge is -1.96. The summed E-state index contributed by atoms with van der Waals surface area (Å²) in [5.41, 5.74) is 1.61. The molecule has 0 saturated heterocycles. The third-order valence-corrected chi connectivity index (χ3v) is 2.92. The average Bonchev–Trinajstić information content (AvgIpc) is 3.05. The number of rotatable bonds is 6. The van der Waals surface area contributed by atoms with Crippen LogP contribution in [0.25, 0.3) is 0 Å². The number of oxime groups is 2. The second-order valence-electron chi connectivity index (χ2n) is 4.65. The molecule has 0 amide bonds. The Labute approximate surface area is 133 Å². The van der Waals surface area contributed by atoms with Crippen molar-refractivity contribution in [2.45, 2.75) is 0 Å². The van der Waals surface area contributed by atoms with Gasteiger partial charge < -0.3 is 14.7 Å². The lowest BCUT2D eigenvalue weighted by atomic mass is 10.3. The molecule has 5 heteroatoms. The van der Waals surface area contributed by atoms with Gasteiger partial charge in [-0.1, -0.05) is 46.7 Å². The minimum absolute atomic E-state index is 0.688. The topological polar surface area (TPSA) is 59.0 Å². The molecule has 2 aromatic carbocycles. The summed E-state index contributed by atoms with van der Waals surface area (Å²) in [5, 5.41) is 7.84. The number of nitrogens with one attached hydrogen (secondary N) is 1. The summed E-state index contributed by atoms with van der Waals surface area (Å²) in [5.74, 6) is 1.38. The van der Waals surface area contributed by atoms with E-state index in [9.17, 15) is 0 Å². The molecule has 1 heterocycles. The van der Waals surface area contributed by atoms with E-state index >= 15 is 0 Å². The summed E-state index contributed by atoms with van der Waals surface area (Å²) in [6.45, 7) is 0. The summed E-state index contributed by atoms with van der Waals surface area (Å²) >= 11 is 0. The van der Waals surface area contributed by atoms with Crippen LogP contribution in [0.1, 0.15) is 11.4 Å². The Morgan fingerprint density at radius 3 is 1.48 bits per heavy atom. The van der Waals surface area contributed by atoms with Crippen LogP contribution in [0.2, 0.25) is 0 Å². The first-order valence-corrected chi connectivity index (χ1v) is 7.10. The highest BCUT2D eigenvalue weighted by Gasteiger charge is 1.95. The van der Waals surface area contributed by atoms with Gasteiger partial charge in [-0.3, -0.25) is 0 Å². The van der Waals surface area contributed by atoms with Crippen molar-refractivity contribution in [3.8, 4) is 11.5 Å². The van der Waals surface area contributed by atoms with Crippen molar-refractivity contribution in [3.05, 3.63) is 84.2 Å². The van der Waals surface area contributed by atoms with Gasteiger partial charge in [0.05, 0.1) is 23.8 Å². The molecule has 0 radical (unpaired) electrons. The van der Waals surface area contributed by atoms with Crippen LogP contribution in [-0.2, 0) is 0 Å². The molecule has 0 aliphatic carbocycles. The van der Waals surface area contributed by atoms with Crippen molar-refractivity contribution in [1.82, 2.24) is 4.98 Å². The van der Waals surface area contributed by atoms with Crippen LogP contribution >= 0.6 is 0 Å². The summed E-state index contributed by atoms with van der Waals surface area (Å²) in [7, 11) is 0. The van der Waals surface area contributed by atoms with Crippen molar-refractivity contribution >= 4 is 12.4 Å². The van der Waals surface area contributed by atoms with Crippen LogP contribution < -0.4 is 9.68 Å². The smallest absolute Gasteiger partial charge is 0.157 e. The number of H-pyrrole nitrogens is 1. The third-order valence-electron chi connectivity index (χ3n) is 2.92. The van der Waals surface area contributed by atoms with Crippen LogP contribution in [0.4, 0.5) is 0 Å². The molecule has 0 aliphatic rings. The Morgan fingerprint density at radius 1 is 0.609 bits per heavy atom. The lowest BCUT2D eigenvalue weighted by molar-refractivity contribution is 0.344. The van der Waals surface area contributed by atoms with Gasteiger partial charge in [0.2, 0.25) is 0 Å². The first-order valence-electron chi connectivity index (χ1n) is 7.10. The van der Waals surface area contributed by atoms with Gasteiger partial charge in [-0.15, -0.1) is 0 Å². The molecule has 0 aliphatic heterocycles. The quantitative estimate of drug-likeness (QED) is 0.555. The fourth-order valence-electron chi connectivity index (χ4n) is 1.83. The molecular weight excluding hydrogens is 290 g/mol. The minimum atomic E-state index is 0.688. The van der Waals surface area contributed by atoms with E-state index in [0.717, 1.165) is 11.4 Å². The molecule has 23 heavy (non-hydrogen) atoms. The first-order chi connectivity index (χ1) is 11.4. The SMILES string of the molecule is C(=N\Oc1ccccc1)/c1ccc(/C=N/Oc2ccccc2)[nH]1. The van der Waals surface area contributed by atoms with E-state index < -0.39 is 0 Å². The molecular formula is C18H15N3O2. The van der Waals surface area contributed by atoms with Crippen molar-refractivity contribution in [2.24, 2.45) is 10.3 Å². The Morgan fingerprint density at radius 2 is 1.04 bits per heavy atom. The minimum Gasteiger partial charge on any atom is -0.357 e. The highest BCUT2D eigenvalue weighted by Crippen LogP contribution is 2.09. The van der Waals surface area contributed by atoms with Crippen LogP contribution in [0, 0.1) is 0 Å². The van der Waals surface area contributed by atoms with Gasteiger partial charge in [0.1, 0.15) is 0 Å². The number of hydrogen-bond donors (Lipinski definition) is 1. The Kier molecular flexibility index (Phi) is 4.83. The Bertz CT molecular complexity index is 714. The third kappa shape index (κ3) is 4.57. The van der Waals surface area contributed by atoms with Gasteiger partial charge in [-0.2, -0.15) is 0 Å². The standard InChI is InChI=1S/C18H15N3O2/c1-3-7-17(8-4-1)22-19-13-15-11-12-16(21-15)14-20-23-18-9-5-2-6-10-18/h1-14,21H/b19-13+,20-14+. The van der Waals surface area contributed by atoms with E-state index in [1.165, 1.54) is 0 Å². The van der Waals surface area contributed by atoms with Gasteiger partial charge in [-0.25, -0.2) is 0 Å². The summed E-state index contributed by atoms with van der Waals surface area (Å²) < 4.78 is 0. The molecule has 0 saturated carbocycles. The van der Waals surface area contributed by atoms with Crippen molar-refractivity contribution in [1.29, 1.82) is 0 Å². The second kappa shape index (κ2) is 7.61. The van der Waals surface area contributed by atoms with E-state index in [1.807, 2.05) is 72.8 Å². The number of benzene rings is 2. The van der Waals surface area contributed by atoms with Gasteiger partial charge in [0, 0.05) is 0 Å². The van der Waals surface area contributed by atoms with Crippen molar-refractivity contribution in [2.75, 3.05) is 0 Å². The zero-order valence-electron chi connectivity index (χ0n) is 12.3. The van der Waals surface area contributed by atoms with Crippen molar-refractivity contribution in [3.63, 3.8) is 0 Å². The maximum absolute atomic E-state index is 5.25. The number of hydrogen-bond acceptors (Lipinski definition) is 4. The van der Waals surface area contributed by atoms with Gasteiger partial charge in [0.25, 0.3) is 0 Å². The van der Waals surface area contributed by atoms with Crippen molar-refractivity contribution < 1.29 is 9.68 Å². The summed E-state index contributed by atoms with van der Waals surface area (Å²) in [6, 6.07) is 22.5. The Hall–Kier alpha value is -3.34. The molecule has 3 aromatic rings. The highest BCUT2D eigenvalue weighted by atomic mass is 16.6. The van der Waals surface area contributed by atoms with Crippen LogP contribution in [0.3, 0.4) is 0 Å². The summed E-state index contributed by atoms with van der Waals surface area (Å²) in [4.78, 5) is 13.6. The average molecular weight is 305 g/mol. The van der Waals surface area contributed by atoms with Gasteiger partial charge in [0.15, 0.2) is 11.5 Å². The predicted octanol–water partition coefficient (Wildman–Crippen LogP) is 3.84. The molecule has 0 spiro atoms. The summed E-state index contributed by atoms with van der Waals surface area (Å²) in [6.07, 6.45) is 3.20. The van der Waals surface area contributed by atoms with E-state index in [0.29, 0.717) is 11.5 Å². The van der Waals surface area contributed by atoms with Crippen LogP contribution in [0.15, 0.2) is 83.1 Å². The Balaban J connectivity index is 1.53. The van der Waals surface area contributed by atoms with E-state index in [-0.39, 0.29) is 0 Å². The molecule has 0 atom stereocenters. The van der Waals surface area contributed by atoms with Gasteiger partial charge >= 0.3 is 0 Å². The monoisotopic (exact) mass is 305 g/mol. The normalized spacial score (nSPS) is 11.1. The fourth-order valence-corrected chi connectivity index (χ4v) is 1.83. The van der Waals surface area contributed by atoms with E-state index in [1.54, 1.807) is 12.4 Å². The molecule has 0 bridgehead atoms. The molecule has 1 aromatic heterocycles. The number of aromatic nitrogens is 1. The van der Waals surface area contributed by atoms with Gasteiger partial charge in [-0.05, 0) is 36.4 Å². The molecule has 0 fully saturated rings. The van der Waals surface area contributed by atoms with Crippen LogP contribution in [-0.4, -0.2) is 17.4 Å². The van der Waals surface area contributed by atoms with Crippen LogP contribution in [0.5, 0.6) is 11.5 Å². The number of para-hydroxylation sites is 2. The van der Waals surface area contributed by atoms with E-state index in [4.69, 9.17) is 9.68 Å². The maximum atomic E-state index is 5.25. The molecule has 0 unspecified atom stereocenters. The second-order valence-corrected chi connectivity index (χ2v) is 4.65. The largest absolute Gasteiger partial charge is 0.357 e. The highest BCUT2D eigenvalue weighted by molar-refractivity contribution is 5.82. The number of aromatic amines is 1. The predicted molar refractivity (Wildman–Crippen MR) is 90.1 cm³/mol. The molecule has 1 N–H and O–H groups in total.